The minimum absolute atomic E-state index is 0.0483. The summed E-state index contributed by atoms with van der Waals surface area (Å²) in [6.07, 6.45) is 0.781. The second-order valence-electron chi connectivity index (χ2n) is 3.84. The van der Waals surface area contributed by atoms with Gasteiger partial charge in [0, 0.05) is 12.5 Å². The van der Waals surface area contributed by atoms with Gasteiger partial charge in [-0.3, -0.25) is 10.1 Å². The Morgan fingerprint density at radius 3 is 2.56 bits per heavy atom. The average molecular weight is 243 g/mol. The summed E-state index contributed by atoms with van der Waals surface area (Å²) in [5, 5.41) is 10.6. The van der Waals surface area contributed by atoms with Crippen LogP contribution in [0.15, 0.2) is 54.6 Å². The Balaban J connectivity index is 1.90. The lowest BCUT2D eigenvalue weighted by Crippen LogP contribution is -2.01. The van der Waals surface area contributed by atoms with Crippen LogP contribution in [0.25, 0.3) is 0 Å². The van der Waals surface area contributed by atoms with Crippen molar-refractivity contribution < 1.29 is 9.66 Å². The lowest BCUT2D eigenvalue weighted by atomic mass is 10.2. The maximum Gasteiger partial charge on any atom is 0.273 e. The van der Waals surface area contributed by atoms with Crippen LogP contribution in [-0.2, 0) is 6.42 Å². The summed E-state index contributed by atoms with van der Waals surface area (Å²) in [6, 6.07) is 16.2. The van der Waals surface area contributed by atoms with Crippen molar-refractivity contribution >= 4 is 5.69 Å². The molecule has 2 aromatic rings. The molecule has 4 nitrogen and oxygen atoms in total. The van der Waals surface area contributed by atoms with Crippen LogP contribution in [-0.4, -0.2) is 11.5 Å². The summed E-state index contributed by atoms with van der Waals surface area (Å²) in [4.78, 5) is 10.2. The first-order valence-electron chi connectivity index (χ1n) is 5.67. The lowest BCUT2D eigenvalue weighted by molar-refractivity contribution is -0.384. The van der Waals surface area contributed by atoms with Gasteiger partial charge in [0.1, 0.15) is 5.75 Å². The van der Waals surface area contributed by atoms with Crippen LogP contribution < -0.4 is 4.74 Å². The molecule has 0 N–H and O–H groups in total. The van der Waals surface area contributed by atoms with E-state index in [0.717, 1.165) is 6.42 Å². The first-order valence-corrected chi connectivity index (χ1v) is 5.67. The van der Waals surface area contributed by atoms with E-state index in [1.807, 2.05) is 30.3 Å². The molecule has 18 heavy (non-hydrogen) atoms. The zero-order valence-electron chi connectivity index (χ0n) is 9.78. The van der Waals surface area contributed by atoms with Crippen LogP contribution in [0.1, 0.15) is 5.56 Å². The van der Waals surface area contributed by atoms with E-state index in [1.165, 1.54) is 17.7 Å². The maximum atomic E-state index is 10.6. The third-order valence-corrected chi connectivity index (χ3v) is 2.53. The van der Waals surface area contributed by atoms with Crippen molar-refractivity contribution in [3.05, 3.63) is 70.3 Å². The molecule has 0 saturated carbocycles. The Morgan fingerprint density at radius 1 is 1.06 bits per heavy atom. The van der Waals surface area contributed by atoms with Gasteiger partial charge >= 0.3 is 0 Å². The van der Waals surface area contributed by atoms with E-state index in [9.17, 15) is 10.1 Å². The molecule has 2 aromatic carbocycles. The number of nitro groups is 1. The van der Waals surface area contributed by atoms with Gasteiger partial charge in [-0.2, -0.15) is 0 Å². The highest BCUT2D eigenvalue weighted by Gasteiger charge is 2.05. The SMILES string of the molecule is O=[N+]([O-])c1cccc(OCCc2ccccc2)c1. The van der Waals surface area contributed by atoms with Crippen molar-refractivity contribution in [3.8, 4) is 5.75 Å². The van der Waals surface area contributed by atoms with Gasteiger partial charge in [0.2, 0.25) is 0 Å². The van der Waals surface area contributed by atoms with Gasteiger partial charge in [0.15, 0.2) is 0 Å². The van der Waals surface area contributed by atoms with Crippen molar-refractivity contribution in [2.24, 2.45) is 0 Å². The van der Waals surface area contributed by atoms with Crippen molar-refractivity contribution in [2.75, 3.05) is 6.61 Å². The van der Waals surface area contributed by atoms with Gasteiger partial charge in [-0.25, -0.2) is 0 Å². The van der Waals surface area contributed by atoms with Crippen LogP contribution in [0, 0.1) is 10.1 Å². The summed E-state index contributed by atoms with van der Waals surface area (Å²) in [7, 11) is 0. The molecule has 0 atom stereocenters. The number of hydrogen-bond donors (Lipinski definition) is 0. The summed E-state index contributed by atoms with van der Waals surface area (Å²) < 4.78 is 5.50. The van der Waals surface area contributed by atoms with Gasteiger partial charge < -0.3 is 4.74 Å². The van der Waals surface area contributed by atoms with E-state index in [1.54, 1.807) is 12.1 Å². The molecule has 2 rings (SSSR count). The molecule has 0 aliphatic heterocycles. The molecular formula is C14H13NO3. The maximum absolute atomic E-state index is 10.6. The summed E-state index contributed by atoms with van der Waals surface area (Å²) in [6.45, 7) is 0.505. The van der Waals surface area contributed by atoms with Gasteiger partial charge in [-0.1, -0.05) is 36.4 Å². The number of benzene rings is 2. The molecule has 0 unspecified atom stereocenters. The first kappa shape index (κ1) is 12.1. The number of rotatable bonds is 5. The van der Waals surface area contributed by atoms with E-state index < -0.39 is 4.92 Å². The Labute approximate surface area is 105 Å². The number of ether oxygens (including phenoxy) is 1. The normalized spacial score (nSPS) is 10.0. The molecule has 0 spiro atoms. The molecule has 0 saturated heterocycles. The summed E-state index contributed by atoms with van der Waals surface area (Å²) in [5.74, 6) is 0.528. The fourth-order valence-electron chi connectivity index (χ4n) is 1.62. The number of hydrogen-bond acceptors (Lipinski definition) is 3. The zero-order chi connectivity index (χ0) is 12.8. The number of non-ortho nitro benzene ring substituents is 1. The van der Waals surface area contributed by atoms with Crippen molar-refractivity contribution in [2.45, 2.75) is 6.42 Å². The topological polar surface area (TPSA) is 52.4 Å². The fourth-order valence-corrected chi connectivity index (χ4v) is 1.62. The fraction of sp³-hybridized carbons (Fsp3) is 0.143. The molecule has 92 valence electrons. The monoisotopic (exact) mass is 243 g/mol. The van der Waals surface area contributed by atoms with Gasteiger partial charge in [-0.15, -0.1) is 0 Å². The quantitative estimate of drug-likeness (QED) is 0.598. The van der Waals surface area contributed by atoms with Crippen molar-refractivity contribution in [1.82, 2.24) is 0 Å². The van der Waals surface area contributed by atoms with E-state index in [0.29, 0.717) is 12.4 Å². The van der Waals surface area contributed by atoms with Gasteiger partial charge in [0.05, 0.1) is 17.6 Å². The Kier molecular flexibility index (Phi) is 3.91. The van der Waals surface area contributed by atoms with Crippen LogP contribution in [0.2, 0.25) is 0 Å². The third-order valence-electron chi connectivity index (χ3n) is 2.53. The highest BCUT2D eigenvalue weighted by molar-refractivity contribution is 5.37. The van der Waals surface area contributed by atoms with E-state index in [-0.39, 0.29) is 5.69 Å². The average Bonchev–Trinajstić information content (AvgIpc) is 2.40. The molecule has 0 heterocycles. The zero-order valence-corrected chi connectivity index (χ0v) is 9.78. The molecule has 0 fully saturated rings. The minimum Gasteiger partial charge on any atom is -0.493 e. The molecule has 0 aromatic heterocycles. The molecule has 0 amide bonds. The smallest absolute Gasteiger partial charge is 0.273 e. The Bertz CT molecular complexity index is 526. The highest BCUT2D eigenvalue weighted by atomic mass is 16.6. The molecule has 0 radical (unpaired) electrons. The van der Waals surface area contributed by atoms with Crippen LogP contribution in [0.5, 0.6) is 5.75 Å². The Hall–Kier alpha value is -2.36. The Morgan fingerprint density at radius 2 is 1.83 bits per heavy atom. The minimum atomic E-state index is -0.427. The molecule has 4 heteroatoms. The second-order valence-corrected chi connectivity index (χ2v) is 3.84. The molecule has 0 bridgehead atoms. The molecular weight excluding hydrogens is 230 g/mol. The third kappa shape index (κ3) is 3.31. The van der Waals surface area contributed by atoms with Gasteiger partial charge in [-0.05, 0) is 11.6 Å². The van der Waals surface area contributed by atoms with Crippen molar-refractivity contribution in [1.29, 1.82) is 0 Å². The highest BCUT2D eigenvalue weighted by Crippen LogP contribution is 2.19. The molecule has 0 aliphatic rings. The lowest BCUT2D eigenvalue weighted by Gasteiger charge is -2.05. The van der Waals surface area contributed by atoms with Gasteiger partial charge in [0.25, 0.3) is 5.69 Å². The predicted octanol–water partition coefficient (Wildman–Crippen LogP) is 3.22. The number of nitro benzene ring substituents is 1. The van der Waals surface area contributed by atoms with Crippen LogP contribution in [0.4, 0.5) is 5.69 Å². The largest absolute Gasteiger partial charge is 0.493 e. The van der Waals surface area contributed by atoms with Crippen molar-refractivity contribution in [3.63, 3.8) is 0 Å². The standard InChI is InChI=1S/C14H13NO3/c16-15(17)13-7-4-8-14(11-13)18-10-9-12-5-2-1-3-6-12/h1-8,11H,9-10H2. The summed E-state index contributed by atoms with van der Waals surface area (Å²) in [5.41, 5.74) is 1.23. The van der Waals surface area contributed by atoms with Crippen LogP contribution >= 0.6 is 0 Å². The van der Waals surface area contributed by atoms with Crippen LogP contribution in [0.3, 0.4) is 0 Å². The first-order chi connectivity index (χ1) is 8.75. The van der Waals surface area contributed by atoms with E-state index >= 15 is 0 Å². The molecule has 0 aliphatic carbocycles. The predicted molar refractivity (Wildman–Crippen MR) is 68.7 cm³/mol. The number of nitrogens with zero attached hydrogens (tertiary/aromatic N) is 1. The summed E-state index contributed by atoms with van der Waals surface area (Å²) >= 11 is 0. The second kappa shape index (κ2) is 5.82. The van der Waals surface area contributed by atoms with E-state index in [2.05, 4.69) is 0 Å². The van der Waals surface area contributed by atoms with E-state index in [4.69, 9.17) is 4.74 Å².